The Bertz CT molecular complexity index is 643. The molecule has 3 rings (SSSR count). The van der Waals surface area contributed by atoms with Crippen LogP contribution in [0.4, 0.5) is 0 Å². The third-order valence-corrected chi connectivity index (χ3v) is 4.22. The minimum Gasteiger partial charge on any atom is -0.349 e. The number of nitrogens with zero attached hydrogens (tertiary/aromatic N) is 3. The molecule has 2 aromatic rings. The predicted octanol–water partition coefficient (Wildman–Crippen LogP) is 2.27. The molecule has 1 saturated heterocycles. The van der Waals surface area contributed by atoms with E-state index in [4.69, 9.17) is 0 Å². The first-order valence-corrected chi connectivity index (χ1v) is 8.25. The Kier molecular flexibility index (Phi) is 4.73. The van der Waals surface area contributed by atoms with E-state index in [2.05, 4.69) is 22.2 Å². The summed E-state index contributed by atoms with van der Waals surface area (Å²) < 4.78 is 1.94. The lowest BCUT2D eigenvalue weighted by atomic mass is 10.2. The highest BCUT2D eigenvalue weighted by Gasteiger charge is 2.17. The van der Waals surface area contributed by atoms with Gasteiger partial charge in [0.25, 0.3) is 5.91 Å². The van der Waals surface area contributed by atoms with Crippen molar-refractivity contribution in [3.63, 3.8) is 0 Å². The summed E-state index contributed by atoms with van der Waals surface area (Å²) in [7, 11) is 0. The second kappa shape index (κ2) is 6.92. The van der Waals surface area contributed by atoms with Gasteiger partial charge in [-0.25, -0.2) is 0 Å². The zero-order valence-electron chi connectivity index (χ0n) is 13.2. The van der Waals surface area contributed by atoms with E-state index in [0.717, 1.165) is 43.5 Å². The summed E-state index contributed by atoms with van der Waals surface area (Å²) in [5.74, 6) is -0.0646. The number of benzene rings is 1. The van der Waals surface area contributed by atoms with Gasteiger partial charge in [-0.3, -0.25) is 9.48 Å². The normalized spacial score (nSPS) is 15.5. The Balaban J connectivity index is 1.70. The lowest BCUT2D eigenvalue weighted by Gasteiger charge is -2.14. The molecule has 0 unspecified atom stereocenters. The second-order valence-corrected chi connectivity index (χ2v) is 5.89. The standard InChI is InChI=1S/C17H24N4O/c1-2-10-21-15-8-4-3-7-14(15)16(19-21)17(22)18-9-13-20-11-5-6-12-20/h3-4,7-8H,2,5-6,9-13H2,1H3,(H,18,22). The monoisotopic (exact) mass is 300 g/mol. The number of fused-ring (bicyclic) bond motifs is 1. The Morgan fingerprint density at radius 1 is 1.23 bits per heavy atom. The van der Waals surface area contributed by atoms with Gasteiger partial charge in [-0.1, -0.05) is 25.1 Å². The Labute approximate surface area is 131 Å². The van der Waals surface area contributed by atoms with Crippen LogP contribution >= 0.6 is 0 Å². The highest BCUT2D eigenvalue weighted by atomic mass is 16.1. The molecule has 0 radical (unpaired) electrons. The molecule has 22 heavy (non-hydrogen) atoms. The first-order valence-electron chi connectivity index (χ1n) is 8.25. The van der Waals surface area contributed by atoms with Gasteiger partial charge in [-0.05, 0) is 38.4 Å². The van der Waals surface area contributed by atoms with Gasteiger partial charge in [0.2, 0.25) is 0 Å². The maximum absolute atomic E-state index is 12.4. The van der Waals surface area contributed by atoms with Crippen LogP contribution in [0.1, 0.15) is 36.7 Å². The van der Waals surface area contributed by atoms with Crippen LogP contribution in [0.2, 0.25) is 0 Å². The molecule has 0 spiro atoms. The molecule has 1 aromatic heterocycles. The van der Waals surface area contributed by atoms with E-state index in [1.165, 1.54) is 12.8 Å². The summed E-state index contributed by atoms with van der Waals surface area (Å²) in [6, 6.07) is 7.95. The minimum absolute atomic E-state index is 0.0646. The van der Waals surface area contributed by atoms with E-state index in [1.807, 2.05) is 28.9 Å². The van der Waals surface area contributed by atoms with E-state index in [-0.39, 0.29) is 5.91 Å². The molecular weight excluding hydrogens is 276 g/mol. The van der Waals surface area contributed by atoms with Gasteiger partial charge in [0, 0.05) is 25.0 Å². The van der Waals surface area contributed by atoms with Crippen molar-refractivity contribution >= 4 is 16.8 Å². The first kappa shape index (κ1) is 15.0. The number of hydrogen-bond acceptors (Lipinski definition) is 3. The molecule has 1 aliphatic rings. The van der Waals surface area contributed by atoms with E-state index in [1.54, 1.807) is 0 Å². The smallest absolute Gasteiger partial charge is 0.272 e. The fourth-order valence-corrected chi connectivity index (χ4v) is 3.09. The maximum Gasteiger partial charge on any atom is 0.272 e. The third kappa shape index (κ3) is 3.14. The lowest BCUT2D eigenvalue weighted by Crippen LogP contribution is -2.33. The van der Waals surface area contributed by atoms with Gasteiger partial charge in [0.15, 0.2) is 5.69 Å². The van der Waals surface area contributed by atoms with Crippen molar-refractivity contribution in [2.75, 3.05) is 26.2 Å². The number of carbonyl (C=O) groups is 1. The average molecular weight is 300 g/mol. The molecule has 1 N–H and O–H groups in total. The average Bonchev–Trinajstić information content (AvgIpc) is 3.16. The Morgan fingerprint density at radius 3 is 2.77 bits per heavy atom. The number of nitrogens with one attached hydrogen (secondary N) is 1. The fraction of sp³-hybridized carbons (Fsp3) is 0.529. The van der Waals surface area contributed by atoms with Crippen LogP contribution in [-0.4, -0.2) is 46.8 Å². The molecular formula is C17H24N4O. The van der Waals surface area contributed by atoms with Crippen molar-refractivity contribution in [1.82, 2.24) is 20.0 Å². The van der Waals surface area contributed by atoms with E-state index < -0.39 is 0 Å². The maximum atomic E-state index is 12.4. The zero-order chi connectivity index (χ0) is 15.4. The number of amides is 1. The number of carbonyl (C=O) groups excluding carboxylic acids is 1. The van der Waals surface area contributed by atoms with Crippen LogP contribution in [0.25, 0.3) is 10.9 Å². The molecule has 1 aliphatic heterocycles. The summed E-state index contributed by atoms with van der Waals surface area (Å²) in [4.78, 5) is 14.8. The molecule has 0 saturated carbocycles. The highest BCUT2D eigenvalue weighted by molar-refractivity contribution is 6.04. The number of likely N-dealkylation sites (tertiary alicyclic amines) is 1. The topological polar surface area (TPSA) is 50.2 Å². The summed E-state index contributed by atoms with van der Waals surface area (Å²) in [6.45, 7) is 6.88. The van der Waals surface area contributed by atoms with Gasteiger partial charge in [0.05, 0.1) is 5.52 Å². The highest BCUT2D eigenvalue weighted by Crippen LogP contribution is 2.18. The summed E-state index contributed by atoms with van der Waals surface area (Å²) >= 11 is 0. The number of rotatable bonds is 6. The van der Waals surface area contributed by atoms with E-state index >= 15 is 0 Å². The van der Waals surface area contributed by atoms with Crippen LogP contribution in [0, 0.1) is 0 Å². The van der Waals surface area contributed by atoms with E-state index in [9.17, 15) is 4.79 Å². The van der Waals surface area contributed by atoms with Crippen LogP contribution in [0.5, 0.6) is 0 Å². The number of aromatic nitrogens is 2. The summed E-state index contributed by atoms with van der Waals surface area (Å²) in [5, 5.41) is 8.48. The van der Waals surface area contributed by atoms with E-state index in [0.29, 0.717) is 12.2 Å². The molecule has 0 aliphatic carbocycles. The van der Waals surface area contributed by atoms with Crippen molar-refractivity contribution in [1.29, 1.82) is 0 Å². The quantitative estimate of drug-likeness (QED) is 0.890. The van der Waals surface area contributed by atoms with Gasteiger partial charge in [-0.2, -0.15) is 5.10 Å². The van der Waals surface area contributed by atoms with Crippen molar-refractivity contribution in [2.24, 2.45) is 0 Å². The number of aryl methyl sites for hydroxylation is 1. The van der Waals surface area contributed by atoms with Crippen LogP contribution in [0.3, 0.4) is 0 Å². The van der Waals surface area contributed by atoms with Crippen LogP contribution in [-0.2, 0) is 6.54 Å². The molecule has 5 heteroatoms. The minimum atomic E-state index is -0.0646. The van der Waals surface area contributed by atoms with Crippen molar-refractivity contribution < 1.29 is 4.79 Å². The van der Waals surface area contributed by atoms with Crippen molar-refractivity contribution in [3.05, 3.63) is 30.0 Å². The van der Waals surface area contributed by atoms with Crippen molar-refractivity contribution in [3.8, 4) is 0 Å². The Morgan fingerprint density at radius 2 is 2.00 bits per heavy atom. The largest absolute Gasteiger partial charge is 0.349 e. The van der Waals surface area contributed by atoms with Crippen molar-refractivity contribution in [2.45, 2.75) is 32.7 Å². The predicted molar refractivity (Wildman–Crippen MR) is 88.0 cm³/mol. The summed E-state index contributed by atoms with van der Waals surface area (Å²) in [6.07, 6.45) is 3.56. The van der Waals surface area contributed by atoms with Crippen LogP contribution in [0.15, 0.2) is 24.3 Å². The molecule has 2 heterocycles. The van der Waals surface area contributed by atoms with Crippen LogP contribution < -0.4 is 5.32 Å². The number of para-hydroxylation sites is 1. The van der Waals surface area contributed by atoms with Gasteiger partial charge < -0.3 is 10.2 Å². The van der Waals surface area contributed by atoms with Gasteiger partial charge in [-0.15, -0.1) is 0 Å². The first-order chi connectivity index (χ1) is 10.8. The molecule has 1 fully saturated rings. The molecule has 5 nitrogen and oxygen atoms in total. The second-order valence-electron chi connectivity index (χ2n) is 5.89. The Hall–Kier alpha value is -1.88. The lowest BCUT2D eigenvalue weighted by molar-refractivity contribution is 0.0945. The summed E-state index contributed by atoms with van der Waals surface area (Å²) in [5.41, 5.74) is 1.58. The van der Waals surface area contributed by atoms with Gasteiger partial charge >= 0.3 is 0 Å². The number of hydrogen-bond donors (Lipinski definition) is 1. The molecule has 0 bridgehead atoms. The third-order valence-electron chi connectivity index (χ3n) is 4.22. The molecule has 1 aromatic carbocycles. The fourth-order valence-electron chi connectivity index (χ4n) is 3.09. The zero-order valence-corrected chi connectivity index (χ0v) is 13.2. The SMILES string of the molecule is CCCn1nc(C(=O)NCCN2CCCC2)c2ccccc21. The molecule has 118 valence electrons. The molecule has 1 amide bonds. The van der Waals surface area contributed by atoms with Gasteiger partial charge in [0.1, 0.15) is 0 Å². The molecule has 0 atom stereocenters.